The van der Waals surface area contributed by atoms with Crippen molar-refractivity contribution < 1.29 is 42.9 Å². The number of hydrogen-bond acceptors (Lipinski definition) is 7. The fraction of sp³-hybridized carbons (Fsp3) is 0.645. The molecule has 0 aromatic rings. The van der Waals surface area contributed by atoms with Gasteiger partial charge in [-0.2, -0.15) is 0 Å². The Morgan fingerprint density at radius 1 is 0.353 bits per heavy atom. The number of nitrogens with zero attached hydrogens (tertiary/aromatic N) is 1. The Labute approximate surface area is 522 Å². The molecular weight excluding hydrogens is 1050 g/mol. The Hall–Kier alpha value is -4.83. The van der Waals surface area contributed by atoms with E-state index >= 15 is 0 Å². The van der Waals surface area contributed by atoms with Crippen LogP contribution >= 0.6 is 0 Å². The number of carbonyl (C=O) groups is 3. The molecule has 85 heavy (non-hydrogen) atoms. The zero-order valence-corrected chi connectivity index (χ0v) is 55.0. The van der Waals surface area contributed by atoms with Gasteiger partial charge in [-0.05, 0) is 116 Å². The summed E-state index contributed by atoms with van der Waals surface area (Å²) < 4.78 is 23.0. The van der Waals surface area contributed by atoms with Gasteiger partial charge in [0.25, 0.3) is 6.29 Å². The average molecular weight is 1180 g/mol. The lowest BCUT2D eigenvalue weighted by molar-refractivity contribution is -0.870. The van der Waals surface area contributed by atoms with Gasteiger partial charge in [-0.15, -0.1) is 0 Å². The number of carboxylic acid groups (broad SMARTS) is 1. The molecular formula is C76H126NO8+. The number of allylic oxidation sites excluding steroid dienone is 24. The largest absolute Gasteiger partial charge is 0.477 e. The van der Waals surface area contributed by atoms with E-state index < -0.39 is 24.3 Å². The third-order valence-corrected chi connectivity index (χ3v) is 14.1. The van der Waals surface area contributed by atoms with Crippen LogP contribution in [0.3, 0.4) is 0 Å². The number of aliphatic carboxylic acids is 1. The molecule has 0 aromatic carbocycles. The lowest BCUT2D eigenvalue weighted by Crippen LogP contribution is -2.40. The molecule has 0 rings (SSSR count). The SMILES string of the molecule is CC/C=C\C/C=C\C/C=C\C/C=C\C/C=C\C/C=C\C/C=C\C/C=C\CCCCCCCCCCC(=O)OC(COC(=O)CCCCCCCCCCCCCCCC/C=C\C/C=C\C/C=C\C/C=C\CC)COC(OCC[N+](C)(C)C)C(=O)O. The van der Waals surface area contributed by atoms with Gasteiger partial charge in [0.1, 0.15) is 13.2 Å². The third-order valence-electron chi connectivity index (χ3n) is 14.1. The number of unbranched alkanes of at least 4 members (excludes halogenated alkanes) is 22. The molecule has 0 radical (unpaired) electrons. The van der Waals surface area contributed by atoms with E-state index in [9.17, 15) is 19.5 Å². The molecule has 0 saturated heterocycles. The number of carboxylic acids is 1. The molecule has 0 aliphatic rings. The van der Waals surface area contributed by atoms with E-state index in [0.717, 1.165) is 122 Å². The summed E-state index contributed by atoms with van der Waals surface area (Å²) in [6, 6.07) is 0. The minimum atomic E-state index is -1.52. The summed E-state index contributed by atoms with van der Waals surface area (Å²) in [5.41, 5.74) is 0. The highest BCUT2D eigenvalue weighted by atomic mass is 16.7. The third kappa shape index (κ3) is 66.5. The fourth-order valence-electron chi connectivity index (χ4n) is 8.96. The predicted molar refractivity (Wildman–Crippen MR) is 364 cm³/mol. The predicted octanol–water partition coefficient (Wildman–Crippen LogP) is 21.1. The zero-order valence-electron chi connectivity index (χ0n) is 55.0. The van der Waals surface area contributed by atoms with Crippen molar-refractivity contribution in [1.29, 1.82) is 0 Å². The molecule has 0 heterocycles. The summed E-state index contributed by atoms with van der Waals surface area (Å²) in [5, 5.41) is 9.74. The number of esters is 2. The molecule has 9 nitrogen and oxygen atoms in total. The van der Waals surface area contributed by atoms with Crippen molar-refractivity contribution in [1.82, 2.24) is 0 Å². The number of likely N-dealkylation sites (N-methyl/N-ethyl adjacent to an activating group) is 1. The van der Waals surface area contributed by atoms with E-state index in [4.69, 9.17) is 18.9 Å². The van der Waals surface area contributed by atoms with E-state index in [-0.39, 0.29) is 32.2 Å². The van der Waals surface area contributed by atoms with Gasteiger partial charge in [0.2, 0.25) is 0 Å². The summed E-state index contributed by atoms with van der Waals surface area (Å²) in [7, 11) is 5.97. The van der Waals surface area contributed by atoms with Crippen molar-refractivity contribution in [2.24, 2.45) is 0 Å². The van der Waals surface area contributed by atoms with E-state index in [0.29, 0.717) is 23.9 Å². The fourth-order valence-corrected chi connectivity index (χ4v) is 8.96. The second-order valence-electron chi connectivity index (χ2n) is 23.4. The van der Waals surface area contributed by atoms with Crippen molar-refractivity contribution in [3.05, 3.63) is 146 Å². The van der Waals surface area contributed by atoms with Gasteiger partial charge in [-0.1, -0.05) is 275 Å². The average Bonchev–Trinajstić information content (AvgIpc) is 3.49. The van der Waals surface area contributed by atoms with Crippen molar-refractivity contribution in [3.63, 3.8) is 0 Å². The summed E-state index contributed by atoms with van der Waals surface area (Å²) in [5.74, 6) is -2.02. The summed E-state index contributed by atoms with van der Waals surface area (Å²) >= 11 is 0. The monoisotopic (exact) mass is 1180 g/mol. The number of rotatable bonds is 61. The number of hydrogen-bond donors (Lipinski definition) is 1. The second-order valence-corrected chi connectivity index (χ2v) is 23.4. The Morgan fingerprint density at radius 2 is 0.635 bits per heavy atom. The van der Waals surface area contributed by atoms with Crippen molar-refractivity contribution in [3.8, 4) is 0 Å². The topological polar surface area (TPSA) is 108 Å². The van der Waals surface area contributed by atoms with Crippen molar-refractivity contribution in [2.45, 2.75) is 270 Å². The molecule has 0 bridgehead atoms. The lowest BCUT2D eigenvalue weighted by atomic mass is 10.0. The van der Waals surface area contributed by atoms with Gasteiger partial charge in [0.05, 0.1) is 34.4 Å². The van der Waals surface area contributed by atoms with Crippen molar-refractivity contribution in [2.75, 3.05) is 47.5 Å². The molecule has 9 heteroatoms. The van der Waals surface area contributed by atoms with E-state index in [1.54, 1.807) is 0 Å². The molecule has 0 fully saturated rings. The van der Waals surface area contributed by atoms with E-state index in [1.165, 1.54) is 103 Å². The Bertz CT molecular complexity index is 1900. The maximum Gasteiger partial charge on any atom is 0.361 e. The van der Waals surface area contributed by atoms with Crippen LogP contribution in [0.4, 0.5) is 0 Å². The number of quaternary nitrogens is 1. The molecule has 0 aliphatic carbocycles. The van der Waals surface area contributed by atoms with Crippen LogP contribution in [-0.2, 0) is 33.3 Å². The minimum Gasteiger partial charge on any atom is -0.477 e. The summed E-state index contributed by atoms with van der Waals surface area (Å²) in [4.78, 5) is 37.6. The minimum absolute atomic E-state index is 0.179. The van der Waals surface area contributed by atoms with Crippen LogP contribution in [0.1, 0.15) is 258 Å². The zero-order chi connectivity index (χ0) is 61.9. The Morgan fingerprint density at radius 3 is 0.941 bits per heavy atom. The first-order chi connectivity index (χ1) is 41.6. The van der Waals surface area contributed by atoms with Gasteiger partial charge in [-0.25, -0.2) is 4.79 Å². The molecule has 482 valence electrons. The quantitative estimate of drug-likeness (QED) is 0.0211. The van der Waals surface area contributed by atoms with Gasteiger partial charge < -0.3 is 28.5 Å². The van der Waals surface area contributed by atoms with Gasteiger partial charge in [0, 0.05) is 12.8 Å². The maximum atomic E-state index is 12.9. The summed E-state index contributed by atoms with van der Waals surface area (Å²) in [6.45, 7) is 4.64. The molecule has 0 aromatic heterocycles. The van der Waals surface area contributed by atoms with Crippen LogP contribution < -0.4 is 0 Å². The normalized spacial score (nSPS) is 13.7. The highest BCUT2D eigenvalue weighted by Gasteiger charge is 2.25. The first-order valence-electron chi connectivity index (χ1n) is 34.0. The molecule has 1 N–H and O–H groups in total. The van der Waals surface area contributed by atoms with E-state index in [1.807, 2.05) is 21.1 Å². The molecule has 0 saturated carbocycles. The van der Waals surface area contributed by atoms with Crippen LogP contribution in [-0.4, -0.2) is 87.4 Å². The Kier molecular flexibility index (Phi) is 61.4. The highest BCUT2D eigenvalue weighted by Crippen LogP contribution is 2.16. The number of carbonyl (C=O) groups excluding carboxylic acids is 2. The van der Waals surface area contributed by atoms with Crippen molar-refractivity contribution >= 4 is 17.9 Å². The molecule has 2 atom stereocenters. The lowest BCUT2D eigenvalue weighted by Gasteiger charge is -2.25. The number of ether oxygens (including phenoxy) is 4. The van der Waals surface area contributed by atoms with Gasteiger partial charge >= 0.3 is 17.9 Å². The first-order valence-corrected chi connectivity index (χ1v) is 34.0. The Balaban J connectivity index is 4.21. The standard InChI is InChI=1S/C76H125NO8/c1-6-8-10-12-14-16-18-20-22-24-26-28-30-32-34-35-36-37-38-39-41-43-45-47-49-51-53-55-57-59-61-63-65-67-74(79)85-72(71-84-76(75(80)81)82-69-68-77(3,4)5)70-83-73(78)66-64-62-60-58-56-54-52-50-48-46-44-42-40-33-31-29-27-25-23-21-19-17-15-13-11-9-7-2/h8-11,14-17,20-23,26-29,32,34,36-37,39,41,45,47,72,76H,6-7,12-13,18-19,24-25,30-31,33,35,38,40,42-44,46,48-71H2,1-5H3/p+1/b10-8-,11-9-,16-14-,17-15-,22-20-,23-21-,28-26-,29-27-,34-32-,37-36-,41-39-,47-45-. The van der Waals surface area contributed by atoms with Gasteiger partial charge in [0.15, 0.2) is 6.10 Å². The highest BCUT2D eigenvalue weighted by molar-refractivity contribution is 5.71. The smallest absolute Gasteiger partial charge is 0.361 e. The van der Waals surface area contributed by atoms with Crippen LogP contribution in [0.2, 0.25) is 0 Å². The molecule has 0 spiro atoms. The van der Waals surface area contributed by atoms with Gasteiger partial charge in [-0.3, -0.25) is 9.59 Å². The first kappa shape index (κ1) is 80.2. The maximum absolute atomic E-state index is 12.9. The van der Waals surface area contributed by atoms with Crippen LogP contribution in [0.5, 0.6) is 0 Å². The van der Waals surface area contributed by atoms with E-state index in [2.05, 4.69) is 160 Å². The molecule has 2 unspecified atom stereocenters. The van der Waals surface area contributed by atoms with Crippen LogP contribution in [0, 0.1) is 0 Å². The molecule has 0 amide bonds. The molecule has 0 aliphatic heterocycles. The summed E-state index contributed by atoms with van der Waals surface area (Å²) in [6.07, 6.45) is 92.3. The second kappa shape index (κ2) is 65.2. The van der Waals surface area contributed by atoms with Crippen LogP contribution in [0.15, 0.2) is 146 Å². The van der Waals surface area contributed by atoms with Crippen LogP contribution in [0.25, 0.3) is 0 Å².